The highest BCUT2D eigenvalue weighted by Crippen LogP contribution is 2.23. The molecule has 0 aliphatic carbocycles. The molecule has 0 bridgehead atoms. The van der Waals surface area contributed by atoms with Crippen LogP contribution in [-0.2, 0) is 14.8 Å². The third-order valence-corrected chi connectivity index (χ3v) is 5.13. The highest BCUT2D eigenvalue weighted by atomic mass is 35.5. The zero-order valence-electron chi connectivity index (χ0n) is 15.1. The van der Waals surface area contributed by atoms with Crippen LogP contribution in [0, 0.1) is 0 Å². The summed E-state index contributed by atoms with van der Waals surface area (Å²) in [5.41, 5.74) is 3.40. The fourth-order valence-corrected chi connectivity index (χ4v) is 3.76. The predicted molar refractivity (Wildman–Crippen MR) is 107 cm³/mol. The van der Waals surface area contributed by atoms with Gasteiger partial charge in [-0.1, -0.05) is 23.7 Å². The molecule has 0 fully saturated rings. The number of methoxy groups -OCH3 is 1. The van der Waals surface area contributed by atoms with Crippen molar-refractivity contribution in [2.45, 2.75) is 13.0 Å². The normalized spacial score (nSPS) is 12.6. The van der Waals surface area contributed by atoms with Gasteiger partial charge in [0, 0.05) is 5.02 Å². The Morgan fingerprint density at radius 2 is 1.93 bits per heavy atom. The van der Waals surface area contributed by atoms with Crippen molar-refractivity contribution in [2.75, 3.05) is 17.7 Å². The summed E-state index contributed by atoms with van der Waals surface area (Å²) in [6, 6.07) is 12.3. The molecule has 2 aromatic carbocycles. The summed E-state index contributed by atoms with van der Waals surface area (Å²) in [5.74, 6) is 0.00458. The Kier molecular flexibility index (Phi) is 6.81. The van der Waals surface area contributed by atoms with E-state index in [4.69, 9.17) is 16.3 Å². The topological polar surface area (TPSA) is 88.1 Å². The van der Waals surface area contributed by atoms with Crippen LogP contribution >= 0.6 is 11.6 Å². The molecule has 0 heterocycles. The molecule has 2 aromatic rings. The van der Waals surface area contributed by atoms with Gasteiger partial charge in [-0.05, 0) is 48.9 Å². The molecular weight excluding hydrogens is 390 g/mol. The SMILES string of the molecule is COc1ccc(N([C@H](C)C(=O)N/N=C\c2cccc(Cl)c2)S(C)(=O)=O)cc1. The first-order valence-corrected chi connectivity index (χ1v) is 10.2. The number of amides is 1. The maximum absolute atomic E-state index is 12.4. The van der Waals surface area contributed by atoms with Crippen LogP contribution in [0.15, 0.2) is 53.6 Å². The van der Waals surface area contributed by atoms with Crippen LogP contribution in [-0.4, -0.2) is 39.9 Å². The Morgan fingerprint density at radius 3 is 2.48 bits per heavy atom. The van der Waals surface area contributed by atoms with E-state index in [0.29, 0.717) is 22.0 Å². The first-order valence-electron chi connectivity index (χ1n) is 7.94. The van der Waals surface area contributed by atoms with Crippen molar-refractivity contribution in [3.8, 4) is 5.75 Å². The van der Waals surface area contributed by atoms with Gasteiger partial charge in [0.1, 0.15) is 11.8 Å². The number of anilines is 1. The minimum Gasteiger partial charge on any atom is -0.497 e. The van der Waals surface area contributed by atoms with Crippen molar-refractivity contribution >= 4 is 39.4 Å². The van der Waals surface area contributed by atoms with E-state index in [-0.39, 0.29) is 0 Å². The number of carbonyl (C=O) groups excluding carboxylic acids is 1. The second kappa shape index (κ2) is 8.88. The van der Waals surface area contributed by atoms with Gasteiger partial charge in [0.15, 0.2) is 0 Å². The predicted octanol–water partition coefficient (Wildman–Crippen LogP) is 2.65. The van der Waals surface area contributed by atoms with Crippen LogP contribution in [0.1, 0.15) is 12.5 Å². The number of hydrazone groups is 1. The lowest BCUT2D eigenvalue weighted by Crippen LogP contribution is -2.46. The van der Waals surface area contributed by atoms with Crippen molar-refractivity contribution in [2.24, 2.45) is 5.10 Å². The largest absolute Gasteiger partial charge is 0.497 e. The molecule has 0 aliphatic rings. The van der Waals surface area contributed by atoms with Gasteiger partial charge in [-0.25, -0.2) is 13.8 Å². The Morgan fingerprint density at radius 1 is 1.26 bits per heavy atom. The first-order chi connectivity index (χ1) is 12.7. The number of nitrogens with one attached hydrogen (secondary N) is 1. The number of benzene rings is 2. The zero-order valence-corrected chi connectivity index (χ0v) is 16.7. The number of hydrogen-bond acceptors (Lipinski definition) is 5. The van der Waals surface area contributed by atoms with Crippen LogP contribution in [0.25, 0.3) is 0 Å². The minimum atomic E-state index is -3.70. The van der Waals surface area contributed by atoms with E-state index in [1.165, 1.54) is 20.2 Å². The maximum atomic E-state index is 12.4. The molecule has 27 heavy (non-hydrogen) atoms. The number of hydrogen-bond donors (Lipinski definition) is 1. The van der Waals surface area contributed by atoms with Crippen molar-refractivity contribution in [1.82, 2.24) is 5.43 Å². The van der Waals surface area contributed by atoms with Gasteiger partial charge < -0.3 is 4.74 Å². The van der Waals surface area contributed by atoms with E-state index in [1.54, 1.807) is 48.5 Å². The standard InChI is InChI=1S/C18H20ClN3O4S/c1-13(18(23)21-20-12-14-5-4-6-15(19)11-14)22(27(3,24)25)16-7-9-17(26-2)10-8-16/h4-13H,1-3H3,(H,21,23)/b20-12-/t13-/m1/s1. The number of halogens is 1. The summed E-state index contributed by atoms with van der Waals surface area (Å²) in [4.78, 5) is 12.4. The summed E-state index contributed by atoms with van der Waals surface area (Å²) in [5, 5.41) is 4.41. The number of sulfonamides is 1. The van der Waals surface area contributed by atoms with E-state index in [9.17, 15) is 13.2 Å². The summed E-state index contributed by atoms with van der Waals surface area (Å²) >= 11 is 5.89. The molecule has 9 heteroatoms. The molecule has 0 aliphatic heterocycles. The van der Waals surface area contributed by atoms with Crippen molar-refractivity contribution < 1.29 is 17.9 Å². The van der Waals surface area contributed by atoms with E-state index in [2.05, 4.69) is 10.5 Å². The quantitative estimate of drug-likeness (QED) is 0.562. The smallest absolute Gasteiger partial charge is 0.263 e. The number of nitrogens with zero attached hydrogens (tertiary/aromatic N) is 2. The highest BCUT2D eigenvalue weighted by Gasteiger charge is 2.29. The number of carbonyl (C=O) groups is 1. The molecule has 0 saturated carbocycles. The monoisotopic (exact) mass is 409 g/mol. The third kappa shape index (κ3) is 5.70. The van der Waals surface area contributed by atoms with Gasteiger partial charge in [-0.3, -0.25) is 9.10 Å². The van der Waals surface area contributed by atoms with Crippen molar-refractivity contribution in [1.29, 1.82) is 0 Å². The molecule has 1 amide bonds. The summed E-state index contributed by atoms with van der Waals surface area (Å²) in [6.45, 7) is 1.48. The van der Waals surface area contributed by atoms with Gasteiger partial charge in [0.2, 0.25) is 10.0 Å². The average Bonchev–Trinajstić information content (AvgIpc) is 2.61. The first kappa shape index (κ1) is 20.7. The fraction of sp³-hybridized carbons (Fsp3) is 0.222. The molecule has 7 nitrogen and oxygen atoms in total. The van der Waals surface area contributed by atoms with E-state index in [0.717, 1.165) is 10.6 Å². The lowest BCUT2D eigenvalue weighted by atomic mass is 10.2. The Hall–Kier alpha value is -2.58. The second-order valence-corrected chi connectivity index (χ2v) is 8.02. The molecule has 2 rings (SSSR count). The van der Waals surface area contributed by atoms with Crippen LogP contribution in [0.2, 0.25) is 5.02 Å². The molecule has 0 unspecified atom stereocenters. The lowest BCUT2D eigenvalue weighted by molar-refractivity contribution is -0.121. The Bertz CT molecular complexity index is 930. The Balaban J connectivity index is 2.16. The van der Waals surface area contributed by atoms with Gasteiger partial charge in [-0.2, -0.15) is 5.10 Å². The molecular formula is C18H20ClN3O4S. The van der Waals surface area contributed by atoms with E-state index < -0.39 is 22.0 Å². The fourth-order valence-electron chi connectivity index (χ4n) is 2.39. The van der Waals surface area contributed by atoms with Crippen LogP contribution < -0.4 is 14.5 Å². The summed E-state index contributed by atoms with van der Waals surface area (Å²) < 4.78 is 30.5. The van der Waals surface area contributed by atoms with Gasteiger partial charge in [0.05, 0.1) is 25.3 Å². The second-order valence-electron chi connectivity index (χ2n) is 5.72. The molecule has 0 spiro atoms. The third-order valence-electron chi connectivity index (χ3n) is 3.65. The molecule has 0 aromatic heterocycles. The number of ether oxygens (including phenoxy) is 1. The van der Waals surface area contributed by atoms with E-state index >= 15 is 0 Å². The molecule has 1 atom stereocenters. The molecule has 144 valence electrons. The van der Waals surface area contributed by atoms with Crippen LogP contribution in [0.4, 0.5) is 5.69 Å². The minimum absolute atomic E-state index is 0.347. The maximum Gasteiger partial charge on any atom is 0.263 e. The highest BCUT2D eigenvalue weighted by molar-refractivity contribution is 7.92. The van der Waals surface area contributed by atoms with Crippen LogP contribution in [0.3, 0.4) is 0 Å². The molecule has 1 N–H and O–H groups in total. The van der Waals surface area contributed by atoms with Gasteiger partial charge >= 0.3 is 0 Å². The summed E-state index contributed by atoms with van der Waals surface area (Å²) in [6.07, 6.45) is 2.46. The van der Waals surface area contributed by atoms with Crippen LogP contribution in [0.5, 0.6) is 5.75 Å². The zero-order chi connectivity index (χ0) is 20.0. The molecule has 0 saturated heterocycles. The summed E-state index contributed by atoms with van der Waals surface area (Å²) in [7, 11) is -2.19. The van der Waals surface area contributed by atoms with Gasteiger partial charge in [-0.15, -0.1) is 0 Å². The average molecular weight is 410 g/mol. The van der Waals surface area contributed by atoms with Crippen molar-refractivity contribution in [3.05, 3.63) is 59.1 Å². The van der Waals surface area contributed by atoms with E-state index in [1.807, 2.05) is 0 Å². The van der Waals surface area contributed by atoms with Crippen molar-refractivity contribution in [3.63, 3.8) is 0 Å². The van der Waals surface area contributed by atoms with Gasteiger partial charge in [0.25, 0.3) is 5.91 Å². The molecule has 0 radical (unpaired) electrons. The number of rotatable bonds is 7. The lowest BCUT2D eigenvalue weighted by Gasteiger charge is -2.27. The Labute approximate surface area is 163 Å².